The minimum absolute atomic E-state index is 0.0439. The van der Waals surface area contributed by atoms with Gasteiger partial charge in [-0.25, -0.2) is 4.79 Å². The summed E-state index contributed by atoms with van der Waals surface area (Å²) in [7, 11) is 1.49. The van der Waals surface area contributed by atoms with Gasteiger partial charge in [0.2, 0.25) is 0 Å². The van der Waals surface area contributed by atoms with Gasteiger partial charge in [-0.3, -0.25) is 14.2 Å². The highest BCUT2D eigenvalue weighted by Gasteiger charge is 2.23. The maximum Gasteiger partial charge on any atom is 0.354 e. The maximum atomic E-state index is 12.3. The standard InChI is InChI=1S/C14H19N5O3/c1-5-19-9(3)10(6-16-19)8(2)17-13(20)11-7-15-18(4)12(11)14(21)22/h6-8H,5H2,1-4H3,(H,17,20)(H,21,22). The molecule has 2 aromatic heterocycles. The lowest BCUT2D eigenvalue weighted by Gasteiger charge is -2.13. The molecule has 0 radical (unpaired) electrons. The first-order chi connectivity index (χ1) is 10.4. The molecule has 2 heterocycles. The summed E-state index contributed by atoms with van der Waals surface area (Å²) in [5.74, 6) is -1.66. The summed E-state index contributed by atoms with van der Waals surface area (Å²) in [6, 6.07) is -0.283. The van der Waals surface area contributed by atoms with Gasteiger partial charge in [0.25, 0.3) is 5.91 Å². The average Bonchev–Trinajstić information content (AvgIpc) is 3.01. The summed E-state index contributed by atoms with van der Waals surface area (Å²) >= 11 is 0. The van der Waals surface area contributed by atoms with Gasteiger partial charge < -0.3 is 10.4 Å². The van der Waals surface area contributed by atoms with Crippen molar-refractivity contribution in [3.05, 3.63) is 34.9 Å². The van der Waals surface area contributed by atoms with Crippen LogP contribution in [-0.2, 0) is 13.6 Å². The molecule has 1 amide bonds. The van der Waals surface area contributed by atoms with Crippen LogP contribution in [-0.4, -0.2) is 36.5 Å². The molecule has 0 aliphatic carbocycles. The van der Waals surface area contributed by atoms with Crippen LogP contribution in [0.2, 0.25) is 0 Å². The van der Waals surface area contributed by atoms with Crippen molar-refractivity contribution in [3.63, 3.8) is 0 Å². The number of nitrogens with zero attached hydrogens (tertiary/aromatic N) is 4. The molecule has 8 nitrogen and oxygen atoms in total. The summed E-state index contributed by atoms with van der Waals surface area (Å²) in [5, 5.41) is 20.0. The van der Waals surface area contributed by atoms with Crippen LogP contribution in [0.3, 0.4) is 0 Å². The predicted molar refractivity (Wildman–Crippen MR) is 78.7 cm³/mol. The Balaban J connectivity index is 2.21. The highest BCUT2D eigenvalue weighted by atomic mass is 16.4. The number of aryl methyl sites for hydroxylation is 2. The van der Waals surface area contributed by atoms with Crippen LogP contribution >= 0.6 is 0 Å². The van der Waals surface area contributed by atoms with E-state index in [9.17, 15) is 9.59 Å². The van der Waals surface area contributed by atoms with Gasteiger partial charge in [-0.1, -0.05) is 0 Å². The molecule has 0 aromatic carbocycles. The third-order valence-electron chi connectivity index (χ3n) is 3.64. The molecule has 118 valence electrons. The summed E-state index contributed by atoms with van der Waals surface area (Å²) in [6.07, 6.45) is 2.97. The van der Waals surface area contributed by atoms with E-state index in [1.54, 1.807) is 6.20 Å². The Labute approximate surface area is 127 Å². The van der Waals surface area contributed by atoms with E-state index in [1.807, 2.05) is 25.5 Å². The normalized spacial score (nSPS) is 12.2. The van der Waals surface area contributed by atoms with Gasteiger partial charge in [-0.2, -0.15) is 10.2 Å². The molecule has 0 saturated heterocycles. The van der Waals surface area contributed by atoms with Gasteiger partial charge in [0, 0.05) is 24.8 Å². The quantitative estimate of drug-likeness (QED) is 0.862. The van der Waals surface area contributed by atoms with Crippen molar-refractivity contribution in [2.24, 2.45) is 7.05 Å². The first-order valence-corrected chi connectivity index (χ1v) is 6.95. The zero-order chi connectivity index (χ0) is 16.4. The molecule has 1 unspecified atom stereocenters. The fraction of sp³-hybridized carbons (Fsp3) is 0.429. The van der Waals surface area contributed by atoms with Crippen LogP contribution < -0.4 is 5.32 Å². The van der Waals surface area contributed by atoms with Crippen LogP contribution in [0, 0.1) is 6.92 Å². The molecular weight excluding hydrogens is 286 g/mol. The van der Waals surface area contributed by atoms with Crippen molar-refractivity contribution in [1.82, 2.24) is 24.9 Å². The van der Waals surface area contributed by atoms with Crippen LogP contribution in [0.5, 0.6) is 0 Å². The SMILES string of the molecule is CCn1ncc(C(C)NC(=O)c2cnn(C)c2C(=O)O)c1C. The third kappa shape index (κ3) is 2.72. The summed E-state index contributed by atoms with van der Waals surface area (Å²) in [4.78, 5) is 23.5. The molecule has 0 spiro atoms. The molecule has 2 rings (SSSR count). The number of carboxylic acids is 1. The Morgan fingerprint density at radius 1 is 1.36 bits per heavy atom. The van der Waals surface area contributed by atoms with E-state index >= 15 is 0 Å². The molecule has 0 fully saturated rings. The van der Waals surface area contributed by atoms with E-state index in [1.165, 1.54) is 17.9 Å². The van der Waals surface area contributed by atoms with Crippen LogP contribution in [0.1, 0.15) is 52.0 Å². The van der Waals surface area contributed by atoms with Crippen LogP contribution in [0.15, 0.2) is 12.4 Å². The zero-order valence-electron chi connectivity index (χ0n) is 13.0. The molecular formula is C14H19N5O3. The molecule has 22 heavy (non-hydrogen) atoms. The second-order valence-electron chi connectivity index (χ2n) is 5.03. The van der Waals surface area contributed by atoms with E-state index in [4.69, 9.17) is 5.11 Å². The number of carboxylic acid groups (broad SMARTS) is 1. The molecule has 0 aliphatic heterocycles. The summed E-state index contributed by atoms with van der Waals surface area (Å²) < 4.78 is 3.01. The minimum Gasteiger partial charge on any atom is -0.477 e. The van der Waals surface area contributed by atoms with Gasteiger partial charge in [-0.05, 0) is 20.8 Å². The second-order valence-corrected chi connectivity index (χ2v) is 5.03. The molecule has 8 heteroatoms. The van der Waals surface area contributed by atoms with Crippen molar-refractivity contribution >= 4 is 11.9 Å². The minimum atomic E-state index is -1.19. The molecule has 0 aliphatic rings. The number of nitrogens with one attached hydrogen (secondary N) is 1. The maximum absolute atomic E-state index is 12.3. The fourth-order valence-electron chi connectivity index (χ4n) is 2.41. The van der Waals surface area contributed by atoms with Gasteiger partial charge in [0.15, 0.2) is 5.69 Å². The Bertz CT molecular complexity index is 716. The van der Waals surface area contributed by atoms with Crippen LogP contribution in [0.4, 0.5) is 0 Å². The van der Waals surface area contributed by atoms with Gasteiger partial charge >= 0.3 is 5.97 Å². The average molecular weight is 305 g/mol. The van der Waals surface area contributed by atoms with Crippen molar-refractivity contribution < 1.29 is 14.7 Å². The number of hydrogen-bond donors (Lipinski definition) is 2. The van der Waals surface area contributed by atoms with Crippen molar-refractivity contribution in [3.8, 4) is 0 Å². The number of amides is 1. The fourth-order valence-corrected chi connectivity index (χ4v) is 2.41. The van der Waals surface area contributed by atoms with Crippen molar-refractivity contribution in [2.45, 2.75) is 33.4 Å². The molecule has 0 bridgehead atoms. The smallest absolute Gasteiger partial charge is 0.354 e. The molecule has 0 saturated carbocycles. The Hall–Kier alpha value is -2.64. The molecule has 2 aromatic rings. The van der Waals surface area contributed by atoms with E-state index in [-0.39, 0.29) is 17.3 Å². The van der Waals surface area contributed by atoms with Crippen LogP contribution in [0.25, 0.3) is 0 Å². The first kappa shape index (κ1) is 15.7. The highest BCUT2D eigenvalue weighted by molar-refractivity contribution is 6.03. The first-order valence-electron chi connectivity index (χ1n) is 6.95. The van der Waals surface area contributed by atoms with E-state index in [0.29, 0.717) is 0 Å². The number of aromatic nitrogens is 4. The van der Waals surface area contributed by atoms with Gasteiger partial charge in [0.1, 0.15) is 0 Å². The zero-order valence-corrected chi connectivity index (χ0v) is 13.0. The lowest BCUT2D eigenvalue weighted by molar-refractivity contribution is 0.0678. The van der Waals surface area contributed by atoms with E-state index in [0.717, 1.165) is 17.8 Å². The van der Waals surface area contributed by atoms with E-state index in [2.05, 4.69) is 15.5 Å². The number of rotatable bonds is 5. The summed E-state index contributed by atoms with van der Waals surface area (Å²) in [5.41, 5.74) is 1.78. The lowest BCUT2D eigenvalue weighted by atomic mass is 10.1. The topological polar surface area (TPSA) is 102 Å². The predicted octanol–water partition coefficient (Wildman–Crippen LogP) is 1.13. The van der Waals surface area contributed by atoms with Crippen molar-refractivity contribution in [1.29, 1.82) is 0 Å². The Morgan fingerprint density at radius 3 is 2.59 bits per heavy atom. The number of carbonyl (C=O) groups is 2. The largest absolute Gasteiger partial charge is 0.477 e. The highest BCUT2D eigenvalue weighted by Crippen LogP contribution is 2.18. The Kier molecular flexibility index (Phi) is 4.30. The Morgan fingerprint density at radius 2 is 2.05 bits per heavy atom. The molecule has 1 atom stereocenters. The monoisotopic (exact) mass is 305 g/mol. The summed E-state index contributed by atoms with van der Waals surface area (Å²) in [6.45, 7) is 6.50. The lowest BCUT2D eigenvalue weighted by Crippen LogP contribution is -2.28. The van der Waals surface area contributed by atoms with Gasteiger partial charge in [0.05, 0.1) is 24.0 Å². The van der Waals surface area contributed by atoms with Gasteiger partial charge in [-0.15, -0.1) is 0 Å². The van der Waals surface area contributed by atoms with Crippen molar-refractivity contribution in [2.75, 3.05) is 0 Å². The number of aromatic carboxylic acids is 1. The molecule has 2 N–H and O–H groups in total. The number of carbonyl (C=O) groups excluding carboxylic acids is 1. The third-order valence-corrected chi connectivity index (χ3v) is 3.64. The number of hydrogen-bond acceptors (Lipinski definition) is 4. The second kappa shape index (κ2) is 6.00. The van der Waals surface area contributed by atoms with E-state index < -0.39 is 11.9 Å².